The Morgan fingerprint density at radius 2 is 1.20 bits per heavy atom. The van der Waals surface area contributed by atoms with Crippen LogP contribution in [0.3, 0.4) is 0 Å². The van der Waals surface area contributed by atoms with Crippen LogP contribution in [0.4, 0.5) is 38.5 Å². The molecule has 0 aromatic heterocycles. The number of halogens is 1. The molecule has 4 aliphatic heterocycles. The van der Waals surface area contributed by atoms with E-state index in [-0.39, 0.29) is 17.9 Å². The van der Waals surface area contributed by atoms with E-state index in [0.29, 0.717) is 5.56 Å². The average Bonchev–Trinajstić information content (AvgIpc) is 3.05. The molecular weight excluding hydrogens is 558 g/mol. The molecule has 6 aromatic rings. The summed E-state index contributed by atoms with van der Waals surface area (Å²) in [4.78, 5) is 7.40. The zero-order valence-electron chi connectivity index (χ0n) is 24.3. The van der Waals surface area contributed by atoms with Gasteiger partial charge in [-0.25, -0.2) is 4.39 Å². The molecule has 0 radical (unpaired) electrons. The van der Waals surface area contributed by atoms with E-state index in [1.54, 1.807) is 12.1 Å². The Balaban J connectivity index is 1.39. The summed E-state index contributed by atoms with van der Waals surface area (Å²) < 4.78 is 15.6. The van der Waals surface area contributed by atoms with Crippen LogP contribution >= 0.6 is 11.8 Å². The van der Waals surface area contributed by atoms with Crippen LogP contribution in [0.1, 0.15) is 25.0 Å². The van der Waals surface area contributed by atoms with Crippen LogP contribution in [0.2, 0.25) is 0 Å². The summed E-state index contributed by atoms with van der Waals surface area (Å²) in [5.41, 5.74) is 15.0. The smallest absolute Gasteiger partial charge is 0.252 e. The van der Waals surface area contributed by atoms with E-state index in [1.165, 1.54) is 60.1 Å². The quantitative estimate of drug-likeness (QED) is 0.178. The molecule has 6 aromatic carbocycles. The normalized spacial score (nSPS) is 15.6. The average molecular weight is 585 g/mol. The van der Waals surface area contributed by atoms with Gasteiger partial charge >= 0.3 is 0 Å². The maximum atomic E-state index is 15.6. The summed E-state index contributed by atoms with van der Waals surface area (Å²) in [6.45, 7) is 4.74. The van der Waals surface area contributed by atoms with Crippen molar-refractivity contribution in [2.75, 3.05) is 9.80 Å². The molecule has 4 aliphatic rings. The summed E-state index contributed by atoms with van der Waals surface area (Å²) in [7, 11) is 0. The van der Waals surface area contributed by atoms with Crippen LogP contribution in [0.25, 0.3) is 11.1 Å². The van der Waals surface area contributed by atoms with Gasteiger partial charge in [0.05, 0.1) is 17.1 Å². The van der Waals surface area contributed by atoms with E-state index < -0.39 is 0 Å². The SMILES string of the molecule is CC1(C)c2ccccc2N2c3cc(-c4ccccc4F)cc4c3B(c3cccc5c3N4c3ccccc3S5)c3cccc1c32. The molecule has 0 N–H and O–H groups in total. The molecule has 0 bridgehead atoms. The number of hydrogen-bond donors (Lipinski definition) is 0. The van der Waals surface area contributed by atoms with Crippen molar-refractivity contribution >= 4 is 69.0 Å². The Bertz CT molecular complexity index is 2240. The van der Waals surface area contributed by atoms with Gasteiger partial charge in [-0.3, -0.25) is 0 Å². The van der Waals surface area contributed by atoms with Crippen LogP contribution in [0, 0.1) is 5.82 Å². The van der Waals surface area contributed by atoms with E-state index >= 15 is 4.39 Å². The molecule has 2 nitrogen and oxygen atoms in total. The van der Waals surface area contributed by atoms with Gasteiger partial charge in [0.2, 0.25) is 0 Å². The summed E-state index contributed by atoms with van der Waals surface area (Å²) in [6.07, 6.45) is 0. The Kier molecular flexibility index (Phi) is 4.74. The molecule has 0 saturated heterocycles. The second kappa shape index (κ2) is 8.46. The van der Waals surface area contributed by atoms with Gasteiger partial charge in [0.15, 0.2) is 0 Å². The second-order valence-electron chi connectivity index (χ2n) is 12.7. The first kappa shape index (κ1) is 24.7. The van der Waals surface area contributed by atoms with Gasteiger partial charge in [0, 0.05) is 37.8 Å². The second-order valence-corrected chi connectivity index (χ2v) is 13.7. The van der Waals surface area contributed by atoms with Gasteiger partial charge < -0.3 is 9.80 Å². The van der Waals surface area contributed by atoms with Crippen molar-refractivity contribution < 1.29 is 4.39 Å². The Labute approximate surface area is 260 Å². The third-order valence-electron chi connectivity index (χ3n) is 10.1. The highest BCUT2D eigenvalue weighted by atomic mass is 32.2. The van der Waals surface area contributed by atoms with Crippen LogP contribution in [0.5, 0.6) is 0 Å². The van der Waals surface area contributed by atoms with Crippen LogP contribution < -0.4 is 26.2 Å². The van der Waals surface area contributed by atoms with Crippen molar-refractivity contribution in [3.63, 3.8) is 0 Å². The Morgan fingerprint density at radius 1 is 0.591 bits per heavy atom. The number of hydrogen-bond acceptors (Lipinski definition) is 3. The number of anilines is 6. The third-order valence-corrected chi connectivity index (χ3v) is 11.2. The van der Waals surface area contributed by atoms with Crippen molar-refractivity contribution in [2.24, 2.45) is 0 Å². The minimum Gasteiger partial charge on any atom is -0.311 e. The summed E-state index contributed by atoms with van der Waals surface area (Å²) in [5, 5.41) is 0. The van der Waals surface area contributed by atoms with Crippen molar-refractivity contribution in [1.29, 1.82) is 0 Å². The molecule has 5 heteroatoms. The van der Waals surface area contributed by atoms with Crippen molar-refractivity contribution in [3.8, 4) is 11.1 Å². The van der Waals surface area contributed by atoms with E-state index in [2.05, 4.69) is 121 Å². The number of para-hydroxylation sites is 4. The highest BCUT2D eigenvalue weighted by Gasteiger charge is 2.49. The molecule has 0 fully saturated rings. The van der Waals surface area contributed by atoms with Gasteiger partial charge in [0.25, 0.3) is 6.71 Å². The Hall–Kier alpha value is -4.74. The van der Waals surface area contributed by atoms with Crippen molar-refractivity contribution in [3.05, 3.63) is 138 Å². The molecule has 0 saturated carbocycles. The van der Waals surface area contributed by atoms with Crippen molar-refractivity contribution in [1.82, 2.24) is 0 Å². The number of benzene rings is 6. The van der Waals surface area contributed by atoms with Gasteiger partial charge in [-0.1, -0.05) is 104 Å². The lowest BCUT2D eigenvalue weighted by Crippen LogP contribution is -2.62. The highest BCUT2D eigenvalue weighted by Crippen LogP contribution is 2.57. The number of fused-ring (bicyclic) bond motifs is 8. The molecule has 44 heavy (non-hydrogen) atoms. The number of nitrogens with zero attached hydrogens (tertiary/aromatic N) is 2. The molecule has 208 valence electrons. The maximum absolute atomic E-state index is 15.6. The molecule has 4 heterocycles. The first-order chi connectivity index (χ1) is 21.5. The minimum atomic E-state index is -0.209. The molecule has 0 atom stereocenters. The largest absolute Gasteiger partial charge is 0.311 e. The lowest BCUT2D eigenvalue weighted by atomic mass is 9.33. The van der Waals surface area contributed by atoms with E-state index in [0.717, 1.165) is 16.9 Å². The first-order valence-corrected chi connectivity index (χ1v) is 16.0. The third kappa shape index (κ3) is 2.98. The highest BCUT2D eigenvalue weighted by molar-refractivity contribution is 7.99. The zero-order chi connectivity index (χ0) is 29.3. The fourth-order valence-corrected chi connectivity index (χ4v) is 9.29. The van der Waals surface area contributed by atoms with Gasteiger partial charge in [-0.05, 0) is 75.5 Å². The summed E-state index contributed by atoms with van der Waals surface area (Å²) in [5.74, 6) is -0.209. The predicted molar refractivity (Wildman–Crippen MR) is 182 cm³/mol. The van der Waals surface area contributed by atoms with E-state index in [1.807, 2.05) is 23.9 Å². The minimum absolute atomic E-state index is 0.0546. The van der Waals surface area contributed by atoms with Crippen LogP contribution in [-0.4, -0.2) is 6.71 Å². The molecule has 0 aliphatic carbocycles. The van der Waals surface area contributed by atoms with E-state index in [9.17, 15) is 0 Å². The summed E-state index contributed by atoms with van der Waals surface area (Å²) >= 11 is 1.84. The topological polar surface area (TPSA) is 6.48 Å². The molecule has 0 amide bonds. The van der Waals surface area contributed by atoms with Gasteiger partial charge in [-0.2, -0.15) is 0 Å². The summed E-state index contributed by atoms with van der Waals surface area (Å²) in [6, 6.07) is 42.7. The molecule has 10 rings (SSSR count). The Morgan fingerprint density at radius 3 is 2.02 bits per heavy atom. The van der Waals surface area contributed by atoms with Crippen LogP contribution in [-0.2, 0) is 5.41 Å². The lowest BCUT2D eigenvalue weighted by Gasteiger charge is -2.50. The first-order valence-electron chi connectivity index (χ1n) is 15.2. The lowest BCUT2D eigenvalue weighted by molar-refractivity contribution is 0.631. The zero-order valence-corrected chi connectivity index (χ0v) is 25.1. The maximum Gasteiger partial charge on any atom is 0.252 e. The molecular formula is C39H26BFN2S. The van der Waals surface area contributed by atoms with Crippen LogP contribution in [0.15, 0.2) is 131 Å². The van der Waals surface area contributed by atoms with Crippen molar-refractivity contribution in [2.45, 2.75) is 29.1 Å². The molecule has 0 spiro atoms. The molecule has 0 unspecified atom stereocenters. The van der Waals surface area contributed by atoms with E-state index in [4.69, 9.17) is 0 Å². The predicted octanol–water partition coefficient (Wildman–Crippen LogP) is 8.68. The standard InChI is InChI=1S/C39H26BFN2S/c1-39(2)25-12-4-6-17-30(25)42-32-21-23(24-11-3-5-16-29(24)41)22-33-36(32)40(27-14-9-13-26(39)37(27)42)28-15-10-20-35-38(28)43(33)31-18-7-8-19-34(31)44-35/h3-22H,1-2H3. The number of rotatable bonds is 1. The fourth-order valence-electron chi connectivity index (χ4n) is 8.19. The fraction of sp³-hybridized carbons (Fsp3) is 0.0769. The van der Waals surface area contributed by atoms with Gasteiger partial charge in [-0.15, -0.1) is 0 Å². The monoisotopic (exact) mass is 584 g/mol. The van der Waals surface area contributed by atoms with Gasteiger partial charge in [0.1, 0.15) is 5.82 Å².